The molecule has 0 spiro atoms. The maximum Gasteiger partial charge on any atom is 0.142 e. The lowest BCUT2D eigenvalue weighted by Crippen LogP contribution is -2.04. The van der Waals surface area contributed by atoms with Crippen LogP contribution in [0.5, 0.6) is 0 Å². The van der Waals surface area contributed by atoms with E-state index in [4.69, 9.17) is 11.6 Å². The van der Waals surface area contributed by atoms with Crippen LogP contribution >= 0.6 is 11.6 Å². The lowest BCUT2D eigenvalue weighted by atomic mass is 9.97. The molecule has 2 aromatic carbocycles. The van der Waals surface area contributed by atoms with Gasteiger partial charge in [-0.25, -0.2) is 8.78 Å². The number of hydrogen-bond donors (Lipinski definition) is 1. The predicted octanol–water partition coefficient (Wildman–Crippen LogP) is 4.25. The molecule has 0 fully saturated rings. The zero-order chi connectivity index (χ0) is 15.0. The van der Waals surface area contributed by atoms with Gasteiger partial charge < -0.3 is 5.11 Å². The molecule has 0 bridgehead atoms. The van der Waals surface area contributed by atoms with Gasteiger partial charge in [0.05, 0.1) is 10.5 Å². The number of aliphatic hydroxyl groups excluding tert-OH is 1. The number of pyridine rings is 1. The number of aliphatic hydroxyl groups is 1. The van der Waals surface area contributed by atoms with Crippen LogP contribution in [0.2, 0.25) is 5.02 Å². The summed E-state index contributed by atoms with van der Waals surface area (Å²) in [5.74, 6) is -1.53. The molecule has 3 aromatic rings. The highest BCUT2D eigenvalue weighted by Crippen LogP contribution is 2.31. The molecule has 1 unspecified atom stereocenters. The van der Waals surface area contributed by atoms with E-state index in [2.05, 4.69) is 4.98 Å². The quantitative estimate of drug-likeness (QED) is 0.718. The van der Waals surface area contributed by atoms with Crippen molar-refractivity contribution in [2.24, 2.45) is 0 Å². The van der Waals surface area contributed by atoms with Crippen molar-refractivity contribution < 1.29 is 13.9 Å². The first-order chi connectivity index (χ1) is 10.1. The van der Waals surface area contributed by atoms with Crippen LogP contribution in [-0.4, -0.2) is 10.1 Å². The Morgan fingerprint density at radius 2 is 1.81 bits per heavy atom. The van der Waals surface area contributed by atoms with Crippen LogP contribution in [0.1, 0.15) is 17.2 Å². The first-order valence-corrected chi connectivity index (χ1v) is 6.62. The Kier molecular flexibility index (Phi) is 3.57. The first kappa shape index (κ1) is 13.9. The topological polar surface area (TPSA) is 33.1 Å². The van der Waals surface area contributed by atoms with Gasteiger partial charge in [0.1, 0.15) is 17.7 Å². The van der Waals surface area contributed by atoms with Gasteiger partial charge in [-0.15, -0.1) is 0 Å². The largest absolute Gasteiger partial charge is 0.384 e. The Bertz CT molecular complexity index is 817. The van der Waals surface area contributed by atoms with Gasteiger partial charge in [-0.1, -0.05) is 29.8 Å². The van der Waals surface area contributed by atoms with Crippen LogP contribution < -0.4 is 0 Å². The standard InChI is InChI=1S/C16H10ClF2NO/c17-12-8-13(18)11(7-14(12)19)16(21)10-3-1-5-15-9(10)4-2-6-20-15/h1-8,16,21H. The maximum absolute atomic E-state index is 13.9. The third-order valence-electron chi connectivity index (χ3n) is 3.31. The summed E-state index contributed by atoms with van der Waals surface area (Å²) in [5, 5.41) is 10.8. The molecule has 0 amide bonds. The van der Waals surface area contributed by atoms with Crippen molar-refractivity contribution in [3.63, 3.8) is 0 Å². The summed E-state index contributed by atoms with van der Waals surface area (Å²) >= 11 is 5.53. The van der Waals surface area contributed by atoms with Gasteiger partial charge >= 0.3 is 0 Å². The zero-order valence-electron chi connectivity index (χ0n) is 10.7. The van der Waals surface area contributed by atoms with Crippen LogP contribution in [0.3, 0.4) is 0 Å². The van der Waals surface area contributed by atoms with Crippen molar-refractivity contribution in [1.29, 1.82) is 0 Å². The van der Waals surface area contributed by atoms with E-state index in [-0.39, 0.29) is 10.6 Å². The summed E-state index contributed by atoms with van der Waals surface area (Å²) in [6, 6.07) is 10.4. The Labute approximate surface area is 124 Å². The van der Waals surface area contributed by atoms with E-state index in [0.29, 0.717) is 16.5 Å². The second-order valence-corrected chi connectivity index (χ2v) is 5.01. The Balaban J connectivity index is 2.17. The smallest absolute Gasteiger partial charge is 0.142 e. The molecule has 1 aromatic heterocycles. The Morgan fingerprint density at radius 1 is 1.00 bits per heavy atom. The molecule has 106 valence electrons. The highest BCUT2D eigenvalue weighted by Gasteiger charge is 2.19. The fraction of sp³-hybridized carbons (Fsp3) is 0.0625. The molecular weight excluding hydrogens is 296 g/mol. The van der Waals surface area contributed by atoms with E-state index in [1.807, 2.05) is 0 Å². The van der Waals surface area contributed by atoms with Crippen LogP contribution in [0.25, 0.3) is 10.9 Å². The minimum Gasteiger partial charge on any atom is -0.384 e. The molecule has 0 aliphatic heterocycles. The van der Waals surface area contributed by atoms with Crippen molar-refractivity contribution in [1.82, 2.24) is 4.98 Å². The van der Waals surface area contributed by atoms with E-state index in [1.54, 1.807) is 36.5 Å². The lowest BCUT2D eigenvalue weighted by molar-refractivity contribution is 0.216. The molecule has 3 rings (SSSR count). The number of aromatic nitrogens is 1. The van der Waals surface area contributed by atoms with Gasteiger partial charge in [0.2, 0.25) is 0 Å². The average Bonchev–Trinajstić information content (AvgIpc) is 2.49. The summed E-state index contributed by atoms with van der Waals surface area (Å²) in [6.45, 7) is 0. The van der Waals surface area contributed by atoms with Gasteiger partial charge in [-0.05, 0) is 29.8 Å². The number of halogens is 3. The highest BCUT2D eigenvalue weighted by molar-refractivity contribution is 6.30. The summed E-state index contributed by atoms with van der Waals surface area (Å²) in [4.78, 5) is 4.17. The molecule has 5 heteroatoms. The average molecular weight is 306 g/mol. The van der Waals surface area contributed by atoms with E-state index in [1.165, 1.54) is 0 Å². The molecule has 1 N–H and O–H groups in total. The molecule has 1 heterocycles. The fourth-order valence-electron chi connectivity index (χ4n) is 2.28. The van der Waals surface area contributed by atoms with Crippen LogP contribution in [0, 0.1) is 11.6 Å². The van der Waals surface area contributed by atoms with Crippen molar-refractivity contribution in [2.45, 2.75) is 6.10 Å². The zero-order valence-corrected chi connectivity index (χ0v) is 11.5. The van der Waals surface area contributed by atoms with E-state index >= 15 is 0 Å². The van der Waals surface area contributed by atoms with Crippen molar-refractivity contribution in [3.8, 4) is 0 Å². The minimum atomic E-state index is -1.30. The van der Waals surface area contributed by atoms with Crippen LogP contribution in [-0.2, 0) is 0 Å². The van der Waals surface area contributed by atoms with Crippen molar-refractivity contribution >= 4 is 22.5 Å². The highest BCUT2D eigenvalue weighted by atomic mass is 35.5. The molecule has 0 saturated carbocycles. The molecular formula is C16H10ClF2NO. The molecule has 2 nitrogen and oxygen atoms in total. The van der Waals surface area contributed by atoms with Crippen molar-refractivity contribution in [2.75, 3.05) is 0 Å². The summed E-state index contributed by atoms with van der Waals surface area (Å²) in [5.41, 5.74) is 0.971. The lowest BCUT2D eigenvalue weighted by Gasteiger charge is -2.15. The second-order valence-electron chi connectivity index (χ2n) is 4.61. The third-order valence-corrected chi connectivity index (χ3v) is 3.60. The van der Waals surface area contributed by atoms with Gasteiger partial charge in [-0.2, -0.15) is 0 Å². The minimum absolute atomic E-state index is 0.159. The molecule has 21 heavy (non-hydrogen) atoms. The molecule has 0 aliphatic rings. The third kappa shape index (κ3) is 2.48. The van der Waals surface area contributed by atoms with E-state index < -0.39 is 17.7 Å². The molecule has 0 aliphatic carbocycles. The Hall–Kier alpha value is -2.04. The van der Waals surface area contributed by atoms with Gasteiger partial charge in [-0.3, -0.25) is 4.98 Å². The predicted molar refractivity (Wildman–Crippen MR) is 77.2 cm³/mol. The molecule has 0 saturated heterocycles. The van der Waals surface area contributed by atoms with Gasteiger partial charge in [0.25, 0.3) is 0 Å². The van der Waals surface area contributed by atoms with Gasteiger partial charge in [0, 0.05) is 17.1 Å². The van der Waals surface area contributed by atoms with E-state index in [9.17, 15) is 13.9 Å². The normalized spacial score (nSPS) is 12.6. The molecule has 1 atom stereocenters. The monoisotopic (exact) mass is 305 g/mol. The number of nitrogens with zero attached hydrogens (tertiary/aromatic N) is 1. The van der Waals surface area contributed by atoms with Gasteiger partial charge in [0.15, 0.2) is 0 Å². The SMILES string of the molecule is OC(c1cc(F)c(Cl)cc1F)c1cccc2ncccc12. The van der Waals surface area contributed by atoms with Crippen molar-refractivity contribution in [3.05, 3.63) is 76.4 Å². The van der Waals surface area contributed by atoms with Crippen LogP contribution in [0.4, 0.5) is 8.78 Å². The number of benzene rings is 2. The van der Waals surface area contributed by atoms with Crippen LogP contribution in [0.15, 0.2) is 48.7 Å². The molecule has 0 radical (unpaired) electrons. The maximum atomic E-state index is 13.9. The summed E-state index contributed by atoms with van der Waals surface area (Å²) in [7, 11) is 0. The number of fused-ring (bicyclic) bond motifs is 1. The Morgan fingerprint density at radius 3 is 2.62 bits per heavy atom. The summed E-state index contributed by atoms with van der Waals surface area (Å²) < 4.78 is 27.5. The number of hydrogen-bond acceptors (Lipinski definition) is 2. The first-order valence-electron chi connectivity index (χ1n) is 6.24. The second kappa shape index (κ2) is 5.39. The summed E-state index contributed by atoms with van der Waals surface area (Å²) in [6.07, 6.45) is 0.325. The fourth-order valence-corrected chi connectivity index (χ4v) is 2.43. The van der Waals surface area contributed by atoms with E-state index in [0.717, 1.165) is 12.1 Å². The number of rotatable bonds is 2.